The van der Waals surface area contributed by atoms with Gasteiger partial charge in [0.15, 0.2) is 0 Å². The summed E-state index contributed by atoms with van der Waals surface area (Å²) in [5.41, 5.74) is 4.56. The smallest absolute Gasteiger partial charge is 0.00209 e. The van der Waals surface area contributed by atoms with Crippen molar-refractivity contribution in [2.45, 2.75) is 79.6 Å². The summed E-state index contributed by atoms with van der Waals surface area (Å²) in [5, 5.41) is 0. The molecule has 1 aromatic carbocycles. The zero-order valence-corrected chi connectivity index (χ0v) is 17.5. The van der Waals surface area contributed by atoms with Crippen molar-refractivity contribution in [2.75, 3.05) is 0 Å². The minimum atomic E-state index is 0.609. The lowest BCUT2D eigenvalue weighted by Gasteiger charge is -2.22. The Balaban J connectivity index is 0.00000134. The maximum atomic E-state index is 3.73. The van der Waals surface area contributed by atoms with Crippen molar-refractivity contribution in [3.05, 3.63) is 71.8 Å². The lowest BCUT2D eigenvalue weighted by molar-refractivity contribution is 0.621. The molecule has 0 heteroatoms. The van der Waals surface area contributed by atoms with Gasteiger partial charge in [-0.25, -0.2) is 0 Å². The number of rotatable bonds is 6. The Bertz CT molecular complexity index is 517. The standard InChI is InChI=1S/C21H28.2C2H6/c1-4-5-6-9-18-10-7-12-20(15-18)21-13-8-11-19(16-21)14-17(2)3;2*1-2/h4-6,8,11,13,15-17,20H,1,7,9-10,12,14H2,2-3H3;2*1-2H3/b6-5-;;. The highest BCUT2D eigenvalue weighted by molar-refractivity contribution is 5.32. The van der Waals surface area contributed by atoms with E-state index < -0.39 is 0 Å². The van der Waals surface area contributed by atoms with E-state index in [4.69, 9.17) is 0 Å². The molecule has 0 saturated heterocycles. The molecular formula is C25H40. The molecule has 1 aliphatic carbocycles. The van der Waals surface area contributed by atoms with Gasteiger partial charge in [-0.2, -0.15) is 0 Å². The minimum Gasteiger partial charge on any atom is -0.0991 e. The van der Waals surface area contributed by atoms with Gasteiger partial charge in [0, 0.05) is 5.92 Å². The van der Waals surface area contributed by atoms with Crippen LogP contribution in [-0.2, 0) is 6.42 Å². The fourth-order valence-corrected chi connectivity index (χ4v) is 3.17. The van der Waals surface area contributed by atoms with Gasteiger partial charge < -0.3 is 0 Å². The van der Waals surface area contributed by atoms with E-state index in [9.17, 15) is 0 Å². The summed E-state index contributed by atoms with van der Waals surface area (Å²) in [4.78, 5) is 0. The van der Waals surface area contributed by atoms with Crippen LogP contribution in [0.5, 0.6) is 0 Å². The molecule has 1 aliphatic rings. The van der Waals surface area contributed by atoms with Crippen molar-refractivity contribution in [3.63, 3.8) is 0 Å². The summed E-state index contributed by atoms with van der Waals surface area (Å²) in [5.74, 6) is 1.33. The summed E-state index contributed by atoms with van der Waals surface area (Å²) in [6.07, 6.45) is 14.7. The zero-order valence-electron chi connectivity index (χ0n) is 17.5. The normalized spacial score (nSPS) is 16.4. The van der Waals surface area contributed by atoms with Crippen molar-refractivity contribution >= 4 is 0 Å². The Kier molecular flexibility index (Phi) is 13.8. The zero-order chi connectivity index (χ0) is 19.1. The molecule has 0 aliphatic heterocycles. The van der Waals surface area contributed by atoms with E-state index >= 15 is 0 Å². The first kappa shape index (κ1) is 23.4. The molecule has 0 bridgehead atoms. The molecular weight excluding hydrogens is 300 g/mol. The average Bonchev–Trinajstić information content (AvgIpc) is 2.65. The van der Waals surface area contributed by atoms with Gasteiger partial charge in [-0.3, -0.25) is 0 Å². The molecule has 0 N–H and O–H groups in total. The van der Waals surface area contributed by atoms with Gasteiger partial charge in [0.2, 0.25) is 0 Å². The van der Waals surface area contributed by atoms with Gasteiger partial charge in [0.25, 0.3) is 0 Å². The Morgan fingerprint density at radius 1 is 1.16 bits per heavy atom. The van der Waals surface area contributed by atoms with Crippen molar-refractivity contribution in [3.8, 4) is 0 Å². The van der Waals surface area contributed by atoms with Gasteiger partial charge in [0.1, 0.15) is 0 Å². The van der Waals surface area contributed by atoms with Crippen LogP contribution in [0.1, 0.15) is 84.3 Å². The third kappa shape index (κ3) is 9.48. The van der Waals surface area contributed by atoms with E-state index in [0.717, 1.165) is 12.3 Å². The molecule has 140 valence electrons. The van der Waals surface area contributed by atoms with E-state index in [0.29, 0.717) is 5.92 Å². The van der Waals surface area contributed by atoms with E-state index in [-0.39, 0.29) is 0 Å². The van der Waals surface area contributed by atoms with Crippen molar-refractivity contribution in [2.24, 2.45) is 5.92 Å². The molecule has 0 spiro atoms. The van der Waals surface area contributed by atoms with Crippen molar-refractivity contribution in [1.82, 2.24) is 0 Å². The van der Waals surface area contributed by atoms with Gasteiger partial charge >= 0.3 is 0 Å². The molecule has 0 radical (unpaired) electrons. The topological polar surface area (TPSA) is 0 Å². The summed E-state index contributed by atoms with van der Waals surface area (Å²) in [7, 11) is 0. The lowest BCUT2D eigenvalue weighted by atomic mass is 9.84. The largest absolute Gasteiger partial charge is 0.0991 e. The Labute approximate surface area is 157 Å². The minimum absolute atomic E-state index is 0.609. The van der Waals surface area contributed by atoms with E-state index in [2.05, 4.69) is 56.8 Å². The van der Waals surface area contributed by atoms with Crippen molar-refractivity contribution in [1.29, 1.82) is 0 Å². The predicted molar refractivity (Wildman–Crippen MR) is 116 cm³/mol. The first-order chi connectivity index (χ1) is 12.2. The second kappa shape index (κ2) is 14.8. The Hall–Kier alpha value is -1.56. The van der Waals surface area contributed by atoms with Crippen LogP contribution in [0.3, 0.4) is 0 Å². The van der Waals surface area contributed by atoms with E-state index in [1.54, 1.807) is 5.57 Å². The molecule has 1 aromatic rings. The summed E-state index contributed by atoms with van der Waals surface area (Å²) in [6, 6.07) is 9.22. The maximum Gasteiger partial charge on any atom is 0.00209 e. The van der Waals surface area contributed by atoms with Gasteiger partial charge in [-0.15, -0.1) is 0 Å². The number of benzene rings is 1. The molecule has 1 atom stereocenters. The quantitative estimate of drug-likeness (QED) is 0.361. The molecule has 25 heavy (non-hydrogen) atoms. The summed E-state index contributed by atoms with van der Waals surface area (Å²) in [6.45, 7) is 16.3. The molecule has 1 unspecified atom stereocenters. The molecule has 0 amide bonds. The maximum absolute atomic E-state index is 3.73. The van der Waals surface area contributed by atoms with Crippen LogP contribution in [0.2, 0.25) is 0 Å². The van der Waals surface area contributed by atoms with E-state index in [1.165, 1.54) is 36.8 Å². The first-order valence-electron chi connectivity index (χ1n) is 10.2. The van der Waals surface area contributed by atoms with Crippen LogP contribution in [0.25, 0.3) is 0 Å². The fourth-order valence-electron chi connectivity index (χ4n) is 3.17. The molecule has 0 fully saturated rings. The highest BCUT2D eigenvalue weighted by atomic mass is 14.2. The first-order valence-corrected chi connectivity index (χ1v) is 10.2. The van der Waals surface area contributed by atoms with Crippen molar-refractivity contribution < 1.29 is 0 Å². The van der Waals surface area contributed by atoms with Gasteiger partial charge in [-0.1, -0.05) is 102 Å². The van der Waals surface area contributed by atoms with Crippen LogP contribution in [0.15, 0.2) is 60.7 Å². The summed E-state index contributed by atoms with van der Waals surface area (Å²) < 4.78 is 0. The number of hydrogen-bond acceptors (Lipinski definition) is 0. The third-order valence-electron chi connectivity index (χ3n) is 4.13. The van der Waals surface area contributed by atoms with E-state index in [1.807, 2.05) is 39.8 Å². The Morgan fingerprint density at radius 3 is 2.52 bits per heavy atom. The molecule has 0 nitrogen and oxygen atoms in total. The Morgan fingerprint density at radius 2 is 1.88 bits per heavy atom. The van der Waals surface area contributed by atoms with Gasteiger partial charge in [0.05, 0.1) is 0 Å². The highest BCUT2D eigenvalue weighted by Gasteiger charge is 2.15. The van der Waals surface area contributed by atoms with Crippen LogP contribution in [0, 0.1) is 5.92 Å². The van der Waals surface area contributed by atoms with Crippen LogP contribution < -0.4 is 0 Å². The van der Waals surface area contributed by atoms with Crippen LogP contribution >= 0.6 is 0 Å². The fraction of sp³-hybridized carbons (Fsp3) is 0.520. The second-order valence-corrected chi connectivity index (χ2v) is 6.53. The van der Waals surface area contributed by atoms with Crippen LogP contribution in [-0.4, -0.2) is 0 Å². The molecule has 2 rings (SSSR count). The summed E-state index contributed by atoms with van der Waals surface area (Å²) >= 11 is 0. The molecule has 0 saturated carbocycles. The third-order valence-corrected chi connectivity index (χ3v) is 4.13. The SMILES string of the molecule is C=C/C=C\CC1=CC(c2cccc(CC(C)C)c2)CCC1.CC.CC. The predicted octanol–water partition coefficient (Wildman–Crippen LogP) is 8.26. The second-order valence-electron chi connectivity index (χ2n) is 6.53. The average molecular weight is 341 g/mol. The lowest BCUT2D eigenvalue weighted by Crippen LogP contribution is -2.04. The highest BCUT2D eigenvalue weighted by Crippen LogP contribution is 2.33. The van der Waals surface area contributed by atoms with Gasteiger partial charge in [-0.05, 0) is 49.1 Å². The monoisotopic (exact) mass is 340 g/mol. The number of hydrogen-bond donors (Lipinski definition) is 0. The number of allylic oxidation sites excluding steroid dienone is 5. The molecule has 0 aromatic heterocycles. The molecule has 0 heterocycles. The van der Waals surface area contributed by atoms with Crippen LogP contribution in [0.4, 0.5) is 0 Å².